The maximum atomic E-state index is 5.61. The van der Waals surface area contributed by atoms with Gasteiger partial charge in [-0.25, -0.2) is 4.98 Å². The summed E-state index contributed by atoms with van der Waals surface area (Å²) in [5.74, 6) is 0.851. The predicted molar refractivity (Wildman–Crippen MR) is 64.9 cm³/mol. The van der Waals surface area contributed by atoms with Crippen molar-refractivity contribution in [3.63, 3.8) is 0 Å². The van der Waals surface area contributed by atoms with Gasteiger partial charge in [0.2, 0.25) is 0 Å². The topological polar surface area (TPSA) is 44.9 Å². The summed E-state index contributed by atoms with van der Waals surface area (Å²) in [4.78, 5) is 3.99. The Morgan fingerprint density at radius 3 is 3.06 bits per heavy atom. The Kier molecular flexibility index (Phi) is 4.18. The molecule has 5 heteroatoms. The van der Waals surface area contributed by atoms with Crippen molar-refractivity contribution in [2.45, 2.75) is 32.9 Å². The van der Waals surface area contributed by atoms with E-state index < -0.39 is 0 Å². The van der Waals surface area contributed by atoms with Gasteiger partial charge in [0, 0.05) is 25.5 Å². The fourth-order valence-corrected chi connectivity index (χ4v) is 1.63. The molecule has 0 aromatic carbocycles. The lowest BCUT2D eigenvalue weighted by molar-refractivity contribution is 0.301. The Labute approximate surface area is 101 Å². The summed E-state index contributed by atoms with van der Waals surface area (Å²) in [5.41, 5.74) is 0. The van der Waals surface area contributed by atoms with Crippen molar-refractivity contribution < 1.29 is 4.74 Å². The molecule has 0 aliphatic carbocycles. The molecule has 0 unspecified atom stereocenters. The van der Waals surface area contributed by atoms with Crippen LogP contribution in [0.4, 0.5) is 0 Å². The normalized spacial score (nSPS) is 10.6. The van der Waals surface area contributed by atoms with Crippen molar-refractivity contribution in [3.05, 3.63) is 31.1 Å². The minimum atomic E-state index is 0.704. The molecule has 0 aliphatic rings. The quantitative estimate of drug-likeness (QED) is 0.688. The second-order valence-corrected chi connectivity index (χ2v) is 3.94. The van der Waals surface area contributed by atoms with E-state index >= 15 is 0 Å². The number of hydrogen-bond acceptors (Lipinski definition) is 3. The molecule has 0 N–H and O–H groups in total. The molecular weight excluding hydrogens is 216 g/mol. The van der Waals surface area contributed by atoms with Crippen LogP contribution in [0.5, 0.6) is 5.75 Å². The summed E-state index contributed by atoms with van der Waals surface area (Å²) < 4.78 is 9.57. The smallest absolute Gasteiger partial charge is 0.157 e. The van der Waals surface area contributed by atoms with Crippen molar-refractivity contribution in [2.75, 3.05) is 6.61 Å². The van der Waals surface area contributed by atoms with Crippen LogP contribution in [0.3, 0.4) is 0 Å². The summed E-state index contributed by atoms with van der Waals surface area (Å²) in [7, 11) is 0. The van der Waals surface area contributed by atoms with Gasteiger partial charge in [-0.2, -0.15) is 5.10 Å². The molecule has 2 aromatic rings. The number of rotatable bonds is 7. The van der Waals surface area contributed by atoms with E-state index in [1.54, 1.807) is 12.4 Å². The summed E-state index contributed by atoms with van der Waals surface area (Å²) in [6.45, 7) is 4.71. The number of nitrogens with zero attached hydrogens (tertiary/aromatic N) is 4. The fourth-order valence-electron chi connectivity index (χ4n) is 1.63. The Hall–Kier alpha value is -1.78. The van der Waals surface area contributed by atoms with E-state index in [4.69, 9.17) is 4.74 Å². The molecule has 2 rings (SSSR count). The molecule has 0 fully saturated rings. The van der Waals surface area contributed by atoms with Gasteiger partial charge in [-0.15, -0.1) is 0 Å². The van der Waals surface area contributed by atoms with E-state index in [-0.39, 0.29) is 0 Å². The van der Waals surface area contributed by atoms with E-state index in [9.17, 15) is 0 Å². The average molecular weight is 234 g/mol. The number of hydrogen-bond donors (Lipinski definition) is 0. The molecular formula is C12H18N4O. The molecule has 0 radical (unpaired) electrons. The van der Waals surface area contributed by atoms with Crippen LogP contribution >= 0.6 is 0 Å². The first-order chi connectivity index (χ1) is 8.38. The van der Waals surface area contributed by atoms with E-state index in [0.717, 1.165) is 31.7 Å². The number of aryl methyl sites for hydroxylation is 2. The van der Waals surface area contributed by atoms with Gasteiger partial charge in [0.25, 0.3) is 0 Å². The van der Waals surface area contributed by atoms with Gasteiger partial charge < -0.3 is 9.30 Å². The maximum absolute atomic E-state index is 5.61. The van der Waals surface area contributed by atoms with Gasteiger partial charge in [-0.3, -0.25) is 4.68 Å². The van der Waals surface area contributed by atoms with E-state index in [1.165, 1.54) is 0 Å². The predicted octanol–water partition coefficient (Wildman–Crippen LogP) is 1.96. The molecule has 0 aliphatic heterocycles. The van der Waals surface area contributed by atoms with Crippen molar-refractivity contribution in [1.29, 1.82) is 0 Å². The Morgan fingerprint density at radius 2 is 2.29 bits per heavy atom. The molecule has 17 heavy (non-hydrogen) atoms. The molecule has 0 amide bonds. The van der Waals surface area contributed by atoms with Gasteiger partial charge in [0.15, 0.2) is 5.75 Å². The van der Waals surface area contributed by atoms with Crippen LogP contribution in [0.15, 0.2) is 31.1 Å². The van der Waals surface area contributed by atoms with E-state index in [1.807, 2.05) is 28.0 Å². The van der Waals surface area contributed by atoms with Crippen molar-refractivity contribution in [2.24, 2.45) is 0 Å². The lowest BCUT2D eigenvalue weighted by Gasteiger charge is -2.03. The van der Waals surface area contributed by atoms with Crippen LogP contribution in [-0.4, -0.2) is 25.9 Å². The lowest BCUT2D eigenvalue weighted by atomic mass is 10.4. The van der Waals surface area contributed by atoms with Crippen LogP contribution in [0, 0.1) is 0 Å². The number of ether oxygens (including phenoxy) is 1. The highest BCUT2D eigenvalue weighted by Gasteiger charge is 1.98. The summed E-state index contributed by atoms with van der Waals surface area (Å²) in [6.07, 6.45) is 11.3. The summed E-state index contributed by atoms with van der Waals surface area (Å²) in [5, 5.41) is 4.21. The zero-order chi connectivity index (χ0) is 11.9. The molecule has 2 heterocycles. The third-order valence-corrected chi connectivity index (χ3v) is 2.45. The monoisotopic (exact) mass is 234 g/mol. The molecule has 0 atom stereocenters. The molecule has 0 saturated carbocycles. The van der Waals surface area contributed by atoms with E-state index in [0.29, 0.717) is 6.61 Å². The molecule has 92 valence electrons. The Morgan fingerprint density at radius 1 is 1.35 bits per heavy atom. The first kappa shape index (κ1) is 11.7. The highest BCUT2D eigenvalue weighted by atomic mass is 16.5. The first-order valence-corrected chi connectivity index (χ1v) is 5.99. The van der Waals surface area contributed by atoms with Gasteiger partial charge in [0.05, 0.1) is 25.3 Å². The van der Waals surface area contributed by atoms with Gasteiger partial charge in [-0.1, -0.05) is 6.92 Å². The standard InChI is InChI=1S/C12H18N4O/c1-2-5-16-10-12(9-14-16)17-8-3-6-15-7-4-13-11-15/h4,7,9-11H,2-3,5-6,8H2,1H3. The zero-order valence-electron chi connectivity index (χ0n) is 10.1. The average Bonchev–Trinajstić information content (AvgIpc) is 2.96. The molecule has 0 spiro atoms. The van der Waals surface area contributed by atoms with Gasteiger partial charge in [-0.05, 0) is 12.8 Å². The lowest BCUT2D eigenvalue weighted by Crippen LogP contribution is -2.02. The Bertz CT molecular complexity index is 421. The number of aromatic nitrogens is 4. The Balaban J connectivity index is 1.67. The van der Waals surface area contributed by atoms with Crippen molar-refractivity contribution in [3.8, 4) is 5.75 Å². The number of imidazole rings is 1. The van der Waals surface area contributed by atoms with Crippen molar-refractivity contribution in [1.82, 2.24) is 19.3 Å². The largest absolute Gasteiger partial charge is 0.490 e. The minimum absolute atomic E-state index is 0.704. The third-order valence-electron chi connectivity index (χ3n) is 2.45. The maximum Gasteiger partial charge on any atom is 0.157 e. The van der Waals surface area contributed by atoms with Gasteiger partial charge >= 0.3 is 0 Å². The molecule has 5 nitrogen and oxygen atoms in total. The second kappa shape index (κ2) is 6.08. The zero-order valence-corrected chi connectivity index (χ0v) is 10.1. The minimum Gasteiger partial charge on any atom is -0.490 e. The van der Waals surface area contributed by atoms with Crippen molar-refractivity contribution >= 4 is 0 Å². The molecule has 0 saturated heterocycles. The molecule has 0 bridgehead atoms. The van der Waals surface area contributed by atoms with Crippen LogP contribution in [0.2, 0.25) is 0 Å². The molecule has 2 aromatic heterocycles. The SMILES string of the molecule is CCCn1cc(OCCCn2ccnc2)cn1. The van der Waals surface area contributed by atoms with E-state index in [2.05, 4.69) is 17.0 Å². The van der Waals surface area contributed by atoms with Crippen LogP contribution in [0.25, 0.3) is 0 Å². The van der Waals surface area contributed by atoms with Gasteiger partial charge in [0.1, 0.15) is 0 Å². The van der Waals surface area contributed by atoms with Crippen LogP contribution in [-0.2, 0) is 13.1 Å². The van der Waals surface area contributed by atoms with Crippen LogP contribution in [0.1, 0.15) is 19.8 Å². The highest BCUT2D eigenvalue weighted by molar-refractivity contribution is 5.11. The first-order valence-electron chi connectivity index (χ1n) is 5.99. The highest BCUT2D eigenvalue weighted by Crippen LogP contribution is 2.08. The second-order valence-electron chi connectivity index (χ2n) is 3.94. The van der Waals surface area contributed by atoms with Crippen LogP contribution < -0.4 is 4.74 Å². The summed E-state index contributed by atoms with van der Waals surface area (Å²) >= 11 is 0. The summed E-state index contributed by atoms with van der Waals surface area (Å²) in [6, 6.07) is 0. The third kappa shape index (κ3) is 3.62. The fraction of sp³-hybridized carbons (Fsp3) is 0.500.